The fourth-order valence-corrected chi connectivity index (χ4v) is 2.09. The molecule has 21 heavy (non-hydrogen) atoms. The van der Waals surface area contributed by atoms with E-state index in [-0.39, 0.29) is 0 Å². The molecule has 2 heteroatoms. The Bertz CT molecular complexity index is 546. The normalized spacial score (nSPS) is 10.7. The maximum Gasteiger partial charge on any atom is 0.119 e. The van der Waals surface area contributed by atoms with E-state index in [0.29, 0.717) is 5.92 Å². The number of ether oxygens (including phenoxy) is 1. The summed E-state index contributed by atoms with van der Waals surface area (Å²) in [4.78, 5) is 0. The van der Waals surface area contributed by atoms with E-state index in [9.17, 15) is 0 Å². The van der Waals surface area contributed by atoms with Crippen LogP contribution in [0.15, 0.2) is 48.5 Å². The highest BCUT2D eigenvalue weighted by atomic mass is 16.5. The molecule has 0 amide bonds. The smallest absolute Gasteiger partial charge is 0.119 e. The molecule has 2 rings (SSSR count). The highest BCUT2D eigenvalue weighted by molar-refractivity contribution is 5.47. The lowest BCUT2D eigenvalue weighted by molar-refractivity contribution is 0.289. The number of rotatable bonds is 7. The van der Waals surface area contributed by atoms with Crippen molar-refractivity contribution >= 4 is 5.69 Å². The van der Waals surface area contributed by atoms with Gasteiger partial charge in [-0.1, -0.05) is 38.1 Å². The number of anilines is 1. The second-order valence-electron chi connectivity index (χ2n) is 5.84. The lowest BCUT2D eigenvalue weighted by Crippen LogP contribution is -2.02. The topological polar surface area (TPSA) is 21.3 Å². The van der Waals surface area contributed by atoms with E-state index in [4.69, 9.17) is 4.74 Å². The summed E-state index contributed by atoms with van der Waals surface area (Å²) >= 11 is 0. The summed E-state index contributed by atoms with van der Waals surface area (Å²) in [6.45, 7) is 8.19. The summed E-state index contributed by atoms with van der Waals surface area (Å²) in [5.41, 5.74) is 3.77. The molecule has 2 aromatic rings. The molecule has 112 valence electrons. The average molecular weight is 283 g/mol. The molecule has 0 bridgehead atoms. The molecular formula is C19H25NO. The lowest BCUT2D eigenvalue weighted by atomic mass is 10.1. The fraction of sp³-hybridized carbons (Fsp3) is 0.368. The van der Waals surface area contributed by atoms with Crippen molar-refractivity contribution in [1.82, 2.24) is 0 Å². The van der Waals surface area contributed by atoms with Crippen molar-refractivity contribution < 1.29 is 4.74 Å². The monoisotopic (exact) mass is 283 g/mol. The van der Waals surface area contributed by atoms with Crippen LogP contribution in [0.25, 0.3) is 0 Å². The van der Waals surface area contributed by atoms with Crippen LogP contribution in [-0.2, 0) is 6.54 Å². The van der Waals surface area contributed by atoms with Crippen molar-refractivity contribution in [2.24, 2.45) is 5.92 Å². The molecule has 0 saturated heterocycles. The number of nitrogens with one attached hydrogen (secondary N) is 1. The van der Waals surface area contributed by atoms with Gasteiger partial charge in [-0.15, -0.1) is 0 Å². The molecule has 0 unspecified atom stereocenters. The Hall–Kier alpha value is -1.96. The quantitative estimate of drug-likeness (QED) is 0.769. The Labute approximate surface area is 128 Å². The Balaban J connectivity index is 1.84. The van der Waals surface area contributed by atoms with E-state index in [1.165, 1.54) is 11.1 Å². The largest absolute Gasteiger partial charge is 0.494 e. The van der Waals surface area contributed by atoms with Crippen molar-refractivity contribution in [2.45, 2.75) is 33.7 Å². The summed E-state index contributed by atoms with van der Waals surface area (Å²) in [5, 5.41) is 3.45. The van der Waals surface area contributed by atoms with Crippen molar-refractivity contribution in [1.29, 1.82) is 0 Å². The molecule has 0 aromatic heterocycles. The van der Waals surface area contributed by atoms with Gasteiger partial charge in [0.2, 0.25) is 0 Å². The molecule has 0 heterocycles. The summed E-state index contributed by atoms with van der Waals surface area (Å²) in [7, 11) is 0. The van der Waals surface area contributed by atoms with E-state index in [1.54, 1.807) is 0 Å². The molecule has 0 fully saturated rings. The second-order valence-corrected chi connectivity index (χ2v) is 5.84. The van der Waals surface area contributed by atoms with Crippen LogP contribution in [0.4, 0.5) is 5.69 Å². The van der Waals surface area contributed by atoms with E-state index in [2.05, 4.69) is 62.5 Å². The van der Waals surface area contributed by atoms with E-state index in [1.807, 2.05) is 12.1 Å². The van der Waals surface area contributed by atoms with E-state index < -0.39 is 0 Å². The predicted molar refractivity (Wildman–Crippen MR) is 89.9 cm³/mol. The van der Waals surface area contributed by atoms with Crippen LogP contribution in [0, 0.1) is 12.8 Å². The number of aryl methyl sites for hydroxylation is 1. The van der Waals surface area contributed by atoms with Gasteiger partial charge in [0.15, 0.2) is 0 Å². The third-order valence-corrected chi connectivity index (χ3v) is 3.56. The van der Waals surface area contributed by atoms with Crippen LogP contribution < -0.4 is 10.1 Å². The van der Waals surface area contributed by atoms with E-state index in [0.717, 1.165) is 31.0 Å². The first-order chi connectivity index (χ1) is 10.1. The Kier molecular flexibility index (Phi) is 5.68. The zero-order valence-corrected chi connectivity index (χ0v) is 13.2. The molecule has 0 radical (unpaired) electrons. The van der Waals surface area contributed by atoms with Gasteiger partial charge >= 0.3 is 0 Å². The van der Waals surface area contributed by atoms with Gasteiger partial charge in [0, 0.05) is 12.2 Å². The molecule has 1 N–H and O–H groups in total. The van der Waals surface area contributed by atoms with Crippen molar-refractivity contribution in [2.75, 3.05) is 11.9 Å². The molecule has 2 nitrogen and oxygen atoms in total. The summed E-state index contributed by atoms with van der Waals surface area (Å²) in [5.74, 6) is 1.62. The fourth-order valence-electron chi connectivity index (χ4n) is 2.09. The third kappa shape index (κ3) is 5.14. The second kappa shape index (κ2) is 7.72. The SMILES string of the molecule is Cc1ccccc1CNc1ccc(OCCC(C)C)cc1. The first-order valence-corrected chi connectivity index (χ1v) is 7.66. The van der Waals surface area contributed by atoms with Crippen molar-refractivity contribution in [3.05, 3.63) is 59.7 Å². The molecule has 0 atom stereocenters. The van der Waals surface area contributed by atoms with Gasteiger partial charge in [-0.05, 0) is 54.7 Å². The highest BCUT2D eigenvalue weighted by Crippen LogP contribution is 2.17. The van der Waals surface area contributed by atoms with Crippen molar-refractivity contribution in [3.8, 4) is 5.75 Å². The minimum atomic E-state index is 0.681. The summed E-state index contributed by atoms with van der Waals surface area (Å²) in [6, 6.07) is 16.7. The maximum absolute atomic E-state index is 5.73. The molecule has 0 aliphatic heterocycles. The van der Waals surface area contributed by atoms with Gasteiger partial charge < -0.3 is 10.1 Å². The zero-order valence-electron chi connectivity index (χ0n) is 13.2. The third-order valence-electron chi connectivity index (χ3n) is 3.56. The highest BCUT2D eigenvalue weighted by Gasteiger charge is 1.99. The van der Waals surface area contributed by atoms with Gasteiger partial charge in [0.1, 0.15) is 5.75 Å². The van der Waals surface area contributed by atoms with Crippen LogP contribution in [0.5, 0.6) is 5.75 Å². The van der Waals surface area contributed by atoms with Gasteiger partial charge in [-0.2, -0.15) is 0 Å². The number of benzene rings is 2. The molecule has 0 spiro atoms. The van der Waals surface area contributed by atoms with Gasteiger partial charge in [0.25, 0.3) is 0 Å². The summed E-state index contributed by atoms with van der Waals surface area (Å²) < 4.78 is 5.73. The van der Waals surface area contributed by atoms with Crippen LogP contribution in [0.1, 0.15) is 31.4 Å². The molecule has 2 aromatic carbocycles. The Morgan fingerprint density at radius 1 is 1.00 bits per heavy atom. The molecule has 0 aliphatic carbocycles. The minimum absolute atomic E-state index is 0.681. The van der Waals surface area contributed by atoms with Gasteiger partial charge in [-0.25, -0.2) is 0 Å². The predicted octanol–water partition coefficient (Wildman–Crippen LogP) is 5.03. The average Bonchev–Trinajstić information content (AvgIpc) is 2.47. The van der Waals surface area contributed by atoms with Crippen molar-refractivity contribution in [3.63, 3.8) is 0 Å². The number of hydrogen-bond donors (Lipinski definition) is 1. The molecular weight excluding hydrogens is 258 g/mol. The van der Waals surface area contributed by atoms with Gasteiger partial charge in [-0.3, -0.25) is 0 Å². The van der Waals surface area contributed by atoms with Crippen LogP contribution in [0.3, 0.4) is 0 Å². The van der Waals surface area contributed by atoms with E-state index >= 15 is 0 Å². The zero-order chi connectivity index (χ0) is 15.1. The number of hydrogen-bond acceptors (Lipinski definition) is 2. The Morgan fingerprint density at radius 3 is 2.38 bits per heavy atom. The van der Waals surface area contributed by atoms with Crippen LogP contribution in [0.2, 0.25) is 0 Å². The lowest BCUT2D eigenvalue weighted by Gasteiger charge is -2.11. The minimum Gasteiger partial charge on any atom is -0.494 e. The maximum atomic E-state index is 5.73. The van der Waals surface area contributed by atoms with Gasteiger partial charge in [0.05, 0.1) is 6.61 Å². The van der Waals surface area contributed by atoms with Crippen LogP contribution in [-0.4, -0.2) is 6.61 Å². The summed E-state index contributed by atoms with van der Waals surface area (Å²) in [6.07, 6.45) is 1.09. The molecule has 0 saturated carbocycles. The first kappa shape index (κ1) is 15.4. The Morgan fingerprint density at radius 2 is 1.71 bits per heavy atom. The molecule has 0 aliphatic rings. The van der Waals surface area contributed by atoms with Crippen LogP contribution >= 0.6 is 0 Å². The standard InChI is InChI=1S/C19H25NO/c1-15(2)12-13-21-19-10-8-18(9-11-19)20-14-17-7-5-4-6-16(17)3/h4-11,15,20H,12-14H2,1-3H3. The first-order valence-electron chi connectivity index (χ1n) is 7.66.